The quantitative estimate of drug-likeness (QED) is 0.737. The third kappa shape index (κ3) is 3.76. The van der Waals surface area contributed by atoms with E-state index in [1.54, 1.807) is 6.92 Å². The highest BCUT2D eigenvalue weighted by Crippen LogP contribution is 2.24. The molecule has 0 amide bonds. The Hall–Kier alpha value is -1.43. The maximum atomic E-state index is 12.3. The van der Waals surface area contributed by atoms with Crippen LogP contribution in [0.2, 0.25) is 0 Å². The first-order chi connectivity index (χ1) is 8.95. The highest BCUT2D eigenvalue weighted by atomic mass is 32.2. The van der Waals surface area contributed by atoms with E-state index < -0.39 is 16.0 Å². The summed E-state index contributed by atoms with van der Waals surface area (Å²) in [5.41, 5.74) is 0. The van der Waals surface area contributed by atoms with E-state index in [4.69, 9.17) is 5.26 Å². The second-order valence-corrected chi connectivity index (χ2v) is 6.80. The highest BCUT2D eigenvalue weighted by molar-refractivity contribution is 7.91. The van der Waals surface area contributed by atoms with Crippen LogP contribution in [0.5, 0.6) is 0 Å². The second-order valence-electron chi connectivity index (χ2n) is 3.55. The normalized spacial score (nSPS) is 11.3. The van der Waals surface area contributed by atoms with Crippen LogP contribution in [0.25, 0.3) is 0 Å². The van der Waals surface area contributed by atoms with Gasteiger partial charge in [-0.3, -0.25) is 4.79 Å². The average molecular weight is 302 g/mol. The first kappa shape index (κ1) is 15.6. The molecule has 1 rings (SSSR count). The number of carbonyl (C=O) groups excluding carboxylic acids is 1. The van der Waals surface area contributed by atoms with Crippen LogP contribution in [0.15, 0.2) is 16.3 Å². The molecule has 0 bridgehead atoms. The Balaban J connectivity index is 2.90. The molecular weight excluding hydrogens is 288 g/mol. The van der Waals surface area contributed by atoms with Crippen LogP contribution in [0, 0.1) is 11.3 Å². The average Bonchev–Trinajstić information content (AvgIpc) is 2.88. The Kier molecular flexibility index (Phi) is 5.47. The number of carbonyl (C=O) groups is 1. The first-order valence-corrected chi connectivity index (χ1v) is 7.78. The van der Waals surface area contributed by atoms with Gasteiger partial charge in [-0.15, -0.1) is 11.3 Å². The molecule has 0 unspecified atom stereocenters. The molecule has 19 heavy (non-hydrogen) atoms. The second kappa shape index (κ2) is 6.65. The van der Waals surface area contributed by atoms with Gasteiger partial charge in [0, 0.05) is 13.1 Å². The van der Waals surface area contributed by atoms with Gasteiger partial charge in [-0.2, -0.15) is 9.57 Å². The van der Waals surface area contributed by atoms with Gasteiger partial charge in [0.2, 0.25) is 0 Å². The van der Waals surface area contributed by atoms with E-state index in [-0.39, 0.29) is 23.7 Å². The Labute approximate surface area is 116 Å². The number of ether oxygens (including phenoxy) is 1. The Bertz CT molecular complexity index is 586. The van der Waals surface area contributed by atoms with E-state index in [1.807, 2.05) is 6.07 Å². The number of thiophene rings is 1. The van der Waals surface area contributed by atoms with Crippen molar-refractivity contribution >= 4 is 27.3 Å². The van der Waals surface area contributed by atoms with Crippen molar-refractivity contribution in [2.75, 3.05) is 20.2 Å². The summed E-state index contributed by atoms with van der Waals surface area (Å²) < 4.78 is 30.3. The molecule has 8 heteroatoms. The van der Waals surface area contributed by atoms with Crippen LogP contribution < -0.4 is 0 Å². The minimum Gasteiger partial charge on any atom is -0.469 e. The molecule has 1 heterocycles. The molecule has 0 aromatic carbocycles. The van der Waals surface area contributed by atoms with Gasteiger partial charge in [-0.1, -0.05) is 6.92 Å². The van der Waals surface area contributed by atoms with Crippen molar-refractivity contribution in [1.29, 1.82) is 5.26 Å². The summed E-state index contributed by atoms with van der Waals surface area (Å²) in [5, 5.41) is 8.71. The number of sulfonamides is 1. The summed E-state index contributed by atoms with van der Waals surface area (Å²) in [6.07, 6.45) is 0.0000520. The van der Waals surface area contributed by atoms with Gasteiger partial charge in [0.05, 0.1) is 13.5 Å². The molecule has 0 aliphatic rings. The van der Waals surface area contributed by atoms with E-state index in [9.17, 15) is 13.2 Å². The van der Waals surface area contributed by atoms with Gasteiger partial charge < -0.3 is 4.74 Å². The van der Waals surface area contributed by atoms with Crippen molar-refractivity contribution in [3.05, 3.63) is 17.0 Å². The summed E-state index contributed by atoms with van der Waals surface area (Å²) >= 11 is 0.917. The van der Waals surface area contributed by atoms with Crippen molar-refractivity contribution in [2.24, 2.45) is 0 Å². The number of hydrogen-bond donors (Lipinski definition) is 0. The standard InChI is InChI=1S/C11H14N2O4S2/c1-3-13(7-6-10(14)17-2)19(15,16)11-5-4-9(8-12)18-11/h4-5H,3,6-7H2,1-2H3. The molecule has 0 aliphatic carbocycles. The predicted octanol–water partition coefficient (Wildman–Crippen LogP) is 1.19. The number of esters is 1. The topological polar surface area (TPSA) is 87.5 Å². The molecule has 0 N–H and O–H groups in total. The lowest BCUT2D eigenvalue weighted by atomic mass is 10.4. The molecule has 0 fully saturated rings. The number of nitrogens with zero attached hydrogens (tertiary/aromatic N) is 2. The van der Waals surface area contributed by atoms with Gasteiger partial charge in [-0.25, -0.2) is 8.42 Å². The van der Waals surface area contributed by atoms with E-state index in [0.29, 0.717) is 4.88 Å². The van der Waals surface area contributed by atoms with E-state index in [2.05, 4.69) is 4.74 Å². The van der Waals surface area contributed by atoms with Crippen molar-refractivity contribution in [2.45, 2.75) is 17.6 Å². The number of rotatable bonds is 6. The van der Waals surface area contributed by atoms with E-state index in [1.165, 1.54) is 23.5 Å². The van der Waals surface area contributed by atoms with Gasteiger partial charge in [-0.05, 0) is 12.1 Å². The molecule has 0 atom stereocenters. The lowest BCUT2D eigenvalue weighted by molar-refractivity contribution is -0.140. The number of methoxy groups -OCH3 is 1. The minimum absolute atomic E-state index is 0.0000520. The Morgan fingerprint density at radius 2 is 2.21 bits per heavy atom. The summed E-state index contributed by atoms with van der Waals surface area (Å²) in [6, 6.07) is 4.76. The van der Waals surface area contributed by atoms with Crippen LogP contribution in [0.4, 0.5) is 0 Å². The summed E-state index contributed by atoms with van der Waals surface area (Å²) in [5.74, 6) is -0.461. The van der Waals surface area contributed by atoms with E-state index in [0.717, 1.165) is 11.3 Å². The highest BCUT2D eigenvalue weighted by Gasteiger charge is 2.25. The molecule has 1 aromatic rings. The smallest absolute Gasteiger partial charge is 0.306 e. The fraction of sp³-hybridized carbons (Fsp3) is 0.455. The van der Waals surface area contributed by atoms with Crippen LogP contribution >= 0.6 is 11.3 Å². The molecule has 1 aromatic heterocycles. The Morgan fingerprint density at radius 1 is 1.53 bits per heavy atom. The fourth-order valence-corrected chi connectivity index (χ4v) is 4.12. The summed E-state index contributed by atoms with van der Waals surface area (Å²) in [4.78, 5) is 11.4. The molecule has 0 spiro atoms. The Morgan fingerprint density at radius 3 is 2.68 bits per heavy atom. The SMILES string of the molecule is CCN(CCC(=O)OC)S(=O)(=O)c1ccc(C#N)s1. The van der Waals surface area contributed by atoms with Crippen LogP contribution in [0.1, 0.15) is 18.2 Å². The predicted molar refractivity (Wildman–Crippen MR) is 70.1 cm³/mol. The molecular formula is C11H14N2O4S2. The summed E-state index contributed by atoms with van der Waals surface area (Å²) in [6.45, 7) is 2.00. The largest absolute Gasteiger partial charge is 0.469 e. The molecule has 0 saturated heterocycles. The fourth-order valence-electron chi connectivity index (χ4n) is 1.41. The van der Waals surface area contributed by atoms with Crippen molar-refractivity contribution < 1.29 is 17.9 Å². The zero-order chi connectivity index (χ0) is 14.5. The van der Waals surface area contributed by atoms with Crippen molar-refractivity contribution in [3.8, 4) is 6.07 Å². The maximum absolute atomic E-state index is 12.3. The number of hydrogen-bond acceptors (Lipinski definition) is 6. The zero-order valence-corrected chi connectivity index (χ0v) is 12.3. The molecule has 6 nitrogen and oxygen atoms in total. The van der Waals surface area contributed by atoms with Gasteiger partial charge in [0.15, 0.2) is 0 Å². The van der Waals surface area contributed by atoms with Gasteiger partial charge in [0.25, 0.3) is 10.0 Å². The monoisotopic (exact) mass is 302 g/mol. The van der Waals surface area contributed by atoms with Crippen LogP contribution in [-0.4, -0.2) is 38.9 Å². The molecule has 0 aliphatic heterocycles. The third-order valence-electron chi connectivity index (χ3n) is 2.43. The molecule has 0 radical (unpaired) electrons. The minimum atomic E-state index is -3.65. The van der Waals surface area contributed by atoms with Crippen LogP contribution in [-0.2, 0) is 19.6 Å². The summed E-state index contributed by atoms with van der Waals surface area (Å²) in [7, 11) is -2.40. The molecule has 0 saturated carbocycles. The third-order valence-corrected chi connectivity index (χ3v) is 5.86. The lowest BCUT2D eigenvalue weighted by Gasteiger charge is -2.18. The molecule has 104 valence electrons. The van der Waals surface area contributed by atoms with Crippen molar-refractivity contribution in [1.82, 2.24) is 4.31 Å². The van der Waals surface area contributed by atoms with Gasteiger partial charge >= 0.3 is 5.97 Å². The lowest BCUT2D eigenvalue weighted by Crippen LogP contribution is -2.32. The number of nitriles is 1. The van der Waals surface area contributed by atoms with Gasteiger partial charge in [0.1, 0.15) is 15.2 Å². The van der Waals surface area contributed by atoms with Crippen LogP contribution in [0.3, 0.4) is 0 Å². The maximum Gasteiger partial charge on any atom is 0.306 e. The van der Waals surface area contributed by atoms with E-state index >= 15 is 0 Å². The van der Waals surface area contributed by atoms with Crippen molar-refractivity contribution in [3.63, 3.8) is 0 Å². The zero-order valence-electron chi connectivity index (χ0n) is 10.6. The first-order valence-electron chi connectivity index (χ1n) is 5.52.